The van der Waals surface area contributed by atoms with E-state index in [-0.39, 0.29) is 0 Å². The molecule has 4 aromatic heterocycles. The van der Waals surface area contributed by atoms with Crippen LogP contribution in [0.25, 0.3) is 120 Å². The summed E-state index contributed by atoms with van der Waals surface area (Å²) in [5.41, 5.74) is 6.95. The smallest absolute Gasteiger partial charge is 0.266 e. The van der Waals surface area contributed by atoms with Crippen LogP contribution in [0.5, 0.6) is 0 Å². The molecule has 0 atom stereocenters. The van der Waals surface area contributed by atoms with Crippen LogP contribution in [0.15, 0.2) is 222 Å². The van der Waals surface area contributed by atoms with Gasteiger partial charge < -0.3 is 4.57 Å². The molecule has 13 rings (SSSR count). The van der Waals surface area contributed by atoms with Crippen molar-refractivity contribution in [3.8, 4) is 56.7 Å². The van der Waals surface area contributed by atoms with Gasteiger partial charge in [0.05, 0.1) is 22.1 Å². The number of thiophene rings is 1. The average molecular weight is 878 g/mol. The van der Waals surface area contributed by atoms with Gasteiger partial charge in [-0.05, 0) is 94.7 Å². The predicted octanol–water partition coefficient (Wildman–Crippen LogP) is 13.8. The van der Waals surface area contributed by atoms with Gasteiger partial charge in [0.2, 0.25) is 0 Å². The number of rotatable bonds is 6. The van der Waals surface area contributed by atoms with Gasteiger partial charge in [0, 0.05) is 58.7 Å². The van der Waals surface area contributed by atoms with E-state index in [4.69, 9.17) is 15.0 Å². The van der Waals surface area contributed by atoms with Crippen molar-refractivity contribution in [3.05, 3.63) is 233 Å². The van der Waals surface area contributed by atoms with Crippen LogP contribution in [-0.2, 0) is 0 Å². The first kappa shape index (κ1) is 38.6. The van der Waals surface area contributed by atoms with Crippen molar-refractivity contribution in [1.29, 1.82) is 0 Å². The molecular weight excluding hydrogens is 843 g/mol. The summed E-state index contributed by atoms with van der Waals surface area (Å²) in [6.07, 6.45) is 0. The van der Waals surface area contributed by atoms with Gasteiger partial charge in [-0.15, -0.1) is 11.3 Å². The number of aromatic nitrogens is 5. The van der Waals surface area contributed by atoms with Crippen molar-refractivity contribution in [2.45, 2.75) is 0 Å². The van der Waals surface area contributed by atoms with Crippen LogP contribution in [0.3, 0.4) is 0 Å². The minimum atomic E-state index is -0.405. The molecule has 0 bridgehead atoms. The molecule has 7 nitrogen and oxygen atoms in total. The Bertz CT molecular complexity index is 4170. The fourth-order valence-electron chi connectivity index (χ4n) is 9.65. The lowest BCUT2D eigenvalue weighted by Gasteiger charge is -2.09. The highest BCUT2D eigenvalue weighted by molar-refractivity contribution is 7.25. The standard InChI is InChI=1S/C59H35N5O2S/c65-58-47-34-46-43-23-13-14-24-51(43)67-52(46)35-45(47)44-30-32-50-53(48-33-40(36-15-5-1-6-16-36)27-31-49(48)63(50)41-21-11-4-12-22-41)54(44)59(66)64(58)42-28-25-39(26-29-42)57-61-55(37-17-7-2-8-18-37)60-56(62-57)38-19-9-3-10-20-38/h1-35H. The maximum Gasteiger partial charge on any atom is 0.266 e. The molecule has 13 aromatic rings. The Morgan fingerprint density at radius 3 is 1.51 bits per heavy atom. The molecule has 0 radical (unpaired) electrons. The van der Waals surface area contributed by atoms with Crippen molar-refractivity contribution < 1.29 is 0 Å². The monoisotopic (exact) mass is 877 g/mol. The van der Waals surface area contributed by atoms with E-state index in [1.54, 1.807) is 11.3 Å². The van der Waals surface area contributed by atoms with Gasteiger partial charge in [-0.2, -0.15) is 0 Å². The number of hydrogen-bond acceptors (Lipinski definition) is 6. The maximum absolute atomic E-state index is 15.9. The Labute approximate surface area is 386 Å². The lowest BCUT2D eigenvalue weighted by molar-refractivity contribution is 0.976. The zero-order chi connectivity index (χ0) is 44.6. The number of hydrogen-bond donors (Lipinski definition) is 0. The van der Waals surface area contributed by atoms with Crippen LogP contribution in [0.1, 0.15) is 0 Å². The van der Waals surface area contributed by atoms with Crippen LogP contribution in [0, 0.1) is 0 Å². The van der Waals surface area contributed by atoms with Crippen molar-refractivity contribution in [2.24, 2.45) is 0 Å². The van der Waals surface area contributed by atoms with E-state index in [0.717, 1.165) is 75.3 Å². The van der Waals surface area contributed by atoms with Crippen molar-refractivity contribution in [2.75, 3.05) is 0 Å². The third-order valence-electron chi connectivity index (χ3n) is 12.8. The zero-order valence-electron chi connectivity index (χ0n) is 35.7. The minimum Gasteiger partial charge on any atom is -0.309 e. The van der Waals surface area contributed by atoms with E-state index in [0.29, 0.717) is 44.9 Å². The summed E-state index contributed by atoms with van der Waals surface area (Å²) in [6, 6.07) is 70.6. The highest BCUT2D eigenvalue weighted by atomic mass is 32.1. The average Bonchev–Trinajstić information content (AvgIpc) is 3.91. The molecule has 0 unspecified atom stereocenters. The number of para-hydroxylation sites is 1. The fraction of sp³-hybridized carbons (Fsp3) is 0. The van der Waals surface area contributed by atoms with E-state index in [1.165, 1.54) is 4.57 Å². The molecule has 0 aliphatic heterocycles. The largest absolute Gasteiger partial charge is 0.309 e. The van der Waals surface area contributed by atoms with E-state index in [9.17, 15) is 0 Å². The van der Waals surface area contributed by atoms with E-state index < -0.39 is 11.1 Å². The molecule has 8 heteroatoms. The van der Waals surface area contributed by atoms with E-state index >= 15 is 9.59 Å². The molecule has 0 fully saturated rings. The van der Waals surface area contributed by atoms with Crippen molar-refractivity contribution in [1.82, 2.24) is 24.1 Å². The molecular formula is C59H35N5O2S. The third-order valence-corrected chi connectivity index (χ3v) is 13.9. The molecule has 0 saturated heterocycles. The molecule has 9 aromatic carbocycles. The Morgan fingerprint density at radius 1 is 0.313 bits per heavy atom. The first-order valence-corrected chi connectivity index (χ1v) is 22.9. The molecule has 67 heavy (non-hydrogen) atoms. The molecule has 0 amide bonds. The third kappa shape index (κ3) is 6.30. The molecule has 0 aliphatic carbocycles. The van der Waals surface area contributed by atoms with Gasteiger partial charge in [0.1, 0.15) is 0 Å². The second-order valence-corrected chi connectivity index (χ2v) is 17.8. The summed E-state index contributed by atoms with van der Waals surface area (Å²) in [5, 5.41) is 6.11. The highest BCUT2D eigenvalue weighted by Gasteiger charge is 2.22. The van der Waals surface area contributed by atoms with Crippen LogP contribution in [-0.4, -0.2) is 24.1 Å². The topological polar surface area (TPSA) is 82.7 Å². The summed E-state index contributed by atoms with van der Waals surface area (Å²) in [5.74, 6) is 1.56. The predicted molar refractivity (Wildman–Crippen MR) is 276 cm³/mol. The van der Waals surface area contributed by atoms with E-state index in [2.05, 4.69) is 71.3 Å². The van der Waals surface area contributed by atoms with Gasteiger partial charge in [-0.3, -0.25) is 9.59 Å². The fourth-order valence-corrected chi connectivity index (χ4v) is 10.8. The summed E-state index contributed by atoms with van der Waals surface area (Å²) in [6.45, 7) is 0. The lowest BCUT2D eigenvalue weighted by atomic mass is 9.99. The maximum atomic E-state index is 15.9. The lowest BCUT2D eigenvalue weighted by Crippen LogP contribution is -2.28. The van der Waals surface area contributed by atoms with E-state index in [1.807, 2.05) is 146 Å². The van der Waals surface area contributed by atoms with Gasteiger partial charge in [-0.1, -0.05) is 140 Å². The summed E-state index contributed by atoms with van der Waals surface area (Å²) < 4.78 is 5.76. The normalized spacial score (nSPS) is 11.7. The Morgan fingerprint density at radius 2 is 0.851 bits per heavy atom. The molecule has 0 N–H and O–H groups in total. The zero-order valence-corrected chi connectivity index (χ0v) is 36.5. The summed E-state index contributed by atoms with van der Waals surface area (Å²) in [4.78, 5) is 46.2. The molecule has 4 heterocycles. The quantitative estimate of drug-likeness (QED) is 0.166. The number of benzene rings is 9. The van der Waals surface area contributed by atoms with Crippen LogP contribution < -0.4 is 11.1 Å². The number of fused-ring (bicyclic) bond motifs is 10. The second-order valence-electron chi connectivity index (χ2n) is 16.7. The van der Waals surface area contributed by atoms with Crippen LogP contribution >= 0.6 is 11.3 Å². The van der Waals surface area contributed by atoms with Gasteiger partial charge in [-0.25, -0.2) is 19.5 Å². The summed E-state index contributed by atoms with van der Waals surface area (Å²) in [7, 11) is 0. The van der Waals surface area contributed by atoms with Crippen LogP contribution in [0.2, 0.25) is 0 Å². The first-order chi connectivity index (χ1) is 33.1. The molecule has 314 valence electrons. The Balaban J connectivity index is 1.12. The van der Waals surface area contributed by atoms with Crippen molar-refractivity contribution in [3.63, 3.8) is 0 Å². The Hall–Kier alpha value is -8.85. The summed E-state index contributed by atoms with van der Waals surface area (Å²) >= 11 is 1.69. The number of nitrogens with zero attached hydrogens (tertiary/aromatic N) is 5. The van der Waals surface area contributed by atoms with Crippen LogP contribution in [0.4, 0.5) is 0 Å². The molecule has 0 spiro atoms. The highest BCUT2D eigenvalue weighted by Crippen LogP contribution is 2.41. The van der Waals surface area contributed by atoms with Gasteiger partial charge in [0.15, 0.2) is 17.5 Å². The first-order valence-electron chi connectivity index (χ1n) is 22.1. The minimum absolute atomic E-state index is 0.399. The van der Waals surface area contributed by atoms with Gasteiger partial charge in [0.25, 0.3) is 11.1 Å². The molecule has 0 aliphatic rings. The van der Waals surface area contributed by atoms with Crippen molar-refractivity contribution >= 4 is 74.9 Å². The molecule has 0 saturated carbocycles. The SMILES string of the molecule is O=c1c2cc3c(cc2c2ccc4c(c5cc(-c6ccccc6)ccc5n4-c4ccccc4)c2c(=O)n1-c1ccc(-c2nc(-c4ccccc4)nc(-c4ccccc4)n2)cc1)sc1ccccc13. The second kappa shape index (κ2) is 15.4. The van der Waals surface area contributed by atoms with Gasteiger partial charge >= 0.3 is 0 Å². The Kier molecular flexibility index (Phi) is 8.87.